The van der Waals surface area contributed by atoms with Crippen molar-refractivity contribution in [3.8, 4) is 0 Å². The van der Waals surface area contributed by atoms with Gasteiger partial charge in [0.2, 0.25) is 0 Å². The Morgan fingerprint density at radius 3 is 2.75 bits per heavy atom. The summed E-state index contributed by atoms with van der Waals surface area (Å²) >= 11 is 8.02. The van der Waals surface area contributed by atoms with Gasteiger partial charge in [0, 0.05) is 35.7 Å². The minimum absolute atomic E-state index is 0.560. The largest absolute Gasteiger partial charge is 0.368 e. The monoisotopic (exact) mass is 256 g/mol. The molecule has 0 radical (unpaired) electrons. The van der Waals surface area contributed by atoms with Crippen LogP contribution in [0.1, 0.15) is 19.4 Å². The Labute approximate surface area is 106 Å². The van der Waals surface area contributed by atoms with Crippen molar-refractivity contribution in [2.45, 2.75) is 30.2 Å². The molecule has 0 saturated carbocycles. The molecule has 0 spiro atoms. The first kappa shape index (κ1) is 12.1. The highest BCUT2D eigenvalue weighted by Crippen LogP contribution is 2.30. The van der Waals surface area contributed by atoms with E-state index in [1.54, 1.807) is 0 Å². The van der Waals surface area contributed by atoms with E-state index in [1.165, 1.54) is 11.3 Å². The maximum atomic E-state index is 5.96. The number of hydrogen-bond acceptors (Lipinski definition) is 3. The number of anilines is 1. The van der Waals surface area contributed by atoms with Gasteiger partial charge in [0.05, 0.1) is 11.9 Å². The van der Waals surface area contributed by atoms with Crippen LogP contribution in [0.3, 0.4) is 0 Å². The summed E-state index contributed by atoms with van der Waals surface area (Å²) in [5, 5.41) is 1.35. The fourth-order valence-corrected chi connectivity index (χ4v) is 3.74. The molecule has 88 valence electrons. The fourth-order valence-electron chi connectivity index (χ4n) is 2.19. The number of pyridine rings is 1. The minimum atomic E-state index is 0.560. The van der Waals surface area contributed by atoms with E-state index >= 15 is 0 Å². The molecule has 4 heteroatoms. The first-order valence-corrected chi connectivity index (χ1v) is 7.07. The van der Waals surface area contributed by atoms with Gasteiger partial charge in [-0.1, -0.05) is 13.8 Å². The number of hydrogen-bond donors (Lipinski definition) is 0. The average molecular weight is 257 g/mol. The van der Waals surface area contributed by atoms with Crippen LogP contribution in [0, 0.1) is 0 Å². The van der Waals surface area contributed by atoms with Gasteiger partial charge in [-0.15, -0.1) is 11.6 Å². The van der Waals surface area contributed by atoms with Crippen molar-refractivity contribution in [2.24, 2.45) is 0 Å². The van der Waals surface area contributed by atoms with Gasteiger partial charge in [0.1, 0.15) is 0 Å². The van der Waals surface area contributed by atoms with Crippen molar-refractivity contribution in [3.63, 3.8) is 0 Å². The number of rotatable bonds is 2. The standard InChI is InChI=1S/C12H17ClN2S/c1-9-7-15(8-10(2)16-9)12-6-14-4-3-11(12)5-13/h3-4,6,9-10H,5,7-8H2,1-2H3. The van der Waals surface area contributed by atoms with Crippen LogP contribution in [0.4, 0.5) is 5.69 Å². The predicted octanol–water partition coefficient (Wildman–Crippen LogP) is 3.15. The Hall–Kier alpha value is -0.410. The maximum Gasteiger partial charge on any atom is 0.0598 e. The van der Waals surface area contributed by atoms with Gasteiger partial charge in [0.15, 0.2) is 0 Å². The molecule has 2 nitrogen and oxygen atoms in total. The summed E-state index contributed by atoms with van der Waals surface area (Å²) in [7, 11) is 0. The summed E-state index contributed by atoms with van der Waals surface area (Å²) in [6.45, 7) is 6.74. The zero-order valence-electron chi connectivity index (χ0n) is 9.69. The van der Waals surface area contributed by atoms with E-state index in [0.717, 1.165) is 13.1 Å². The van der Waals surface area contributed by atoms with E-state index in [2.05, 4.69) is 35.5 Å². The summed E-state index contributed by atoms with van der Waals surface area (Å²) in [6, 6.07) is 2.01. The van der Waals surface area contributed by atoms with Crippen LogP contribution in [0.2, 0.25) is 0 Å². The Morgan fingerprint density at radius 2 is 2.12 bits per heavy atom. The molecule has 0 amide bonds. The molecular weight excluding hydrogens is 240 g/mol. The Bertz CT molecular complexity index is 349. The topological polar surface area (TPSA) is 16.1 Å². The van der Waals surface area contributed by atoms with Crippen molar-refractivity contribution in [1.82, 2.24) is 4.98 Å². The number of nitrogens with zero attached hydrogens (tertiary/aromatic N) is 2. The van der Waals surface area contributed by atoms with Crippen molar-refractivity contribution < 1.29 is 0 Å². The van der Waals surface area contributed by atoms with Crippen LogP contribution in [-0.2, 0) is 5.88 Å². The lowest BCUT2D eigenvalue weighted by atomic mass is 10.2. The third-order valence-electron chi connectivity index (χ3n) is 2.79. The van der Waals surface area contributed by atoms with Gasteiger partial charge in [-0.25, -0.2) is 0 Å². The van der Waals surface area contributed by atoms with Gasteiger partial charge >= 0.3 is 0 Å². The lowest BCUT2D eigenvalue weighted by Gasteiger charge is -2.36. The van der Waals surface area contributed by atoms with Gasteiger partial charge in [-0.2, -0.15) is 11.8 Å². The average Bonchev–Trinajstić information content (AvgIpc) is 2.27. The van der Waals surface area contributed by atoms with Crippen LogP contribution in [0.5, 0.6) is 0 Å². The molecule has 2 heterocycles. The Kier molecular flexibility index (Phi) is 3.98. The molecule has 2 atom stereocenters. The molecule has 0 aliphatic carbocycles. The number of thioether (sulfide) groups is 1. The number of halogens is 1. The molecule has 2 rings (SSSR count). The molecule has 0 aromatic carbocycles. The van der Waals surface area contributed by atoms with Gasteiger partial charge in [0.25, 0.3) is 0 Å². The van der Waals surface area contributed by atoms with Crippen LogP contribution in [0.15, 0.2) is 18.5 Å². The molecule has 1 aromatic rings. The normalized spacial score (nSPS) is 25.8. The van der Waals surface area contributed by atoms with Crippen molar-refractivity contribution in [3.05, 3.63) is 24.0 Å². The lowest BCUT2D eigenvalue weighted by molar-refractivity contribution is 0.724. The van der Waals surface area contributed by atoms with Gasteiger partial charge < -0.3 is 4.90 Å². The molecule has 1 saturated heterocycles. The summed E-state index contributed by atoms with van der Waals surface area (Å²) in [5.74, 6) is 0.560. The van der Waals surface area contributed by atoms with Crippen molar-refractivity contribution in [1.29, 1.82) is 0 Å². The van der Waals surface area contributed by atoms with E-state index in [4.69, 9.17) is 11.6 Å². The van der Waals surface area contributed by atoms with Gasteiger partial charge in [-0.3, -0.25) is 4.98 Å². The smallest absolute Gasteiger partial charge is 0.0598 e. The zero-order chi connectivity index (χ0) is 11.5. The second-order valence-corrected chi connectivity index (χ2v) is 6.45. The summed E-state index contributed by atoms with van der Waals surface area (Å²) < 4.78 is 0. The fraction of sp³-hybridized carbons (Fsp3) is 0.583. The second kappa shape index (κ2) is 5.28. The SMILES string of the molecule is CC1CN(c2cnccc2CCl)CC(C)S1. The zero-order valence-corrected chi connectivity index (χ0v) is 11.3. The highest BCUT2D eigenvalue weighted by Gasteiger charge is 2.23. The molecule has 0 bridgehead atoms. The highest BCUT2D eigenvalue weighted by atomic mass is 35.5. The first-order valence-electron chi connectivity index (χ1n) is 5.60. The molecule has 1 aliphatic rings. The third-order valence-corrected chi connectivity index (χ3v) is 4.31. The lowest BCUT2D eigenvalue weighted by Crippen LogP contribution is -2.40. The third kappa shape index (κ3) is 2.64. The minimum Gasteiger partial charge on any atom is -0.368 e. The highest BCUT2D eigenvalue weighted by molar-refractivity contribution is 8.00. The van der Waals surface area contributed by atoms with E-state index in [1.807, 2.05) is 18.5 Å². The van der Waals surface area contributed by atoms with Crippen LogP contribution in [0.25, 0.3) is 0 Å². The van der Waals surface area contributed by atoms with Crippen LogP contribution in [-0.4, -0.2) is 28.6 Å². The van der Waals surface area contributed by atoms with Crippen LogP contribution < -0.4 is 4.90 Å². The second-order valence-electron chi connectivity index (χ2n) is 4.30. The quantitative estimate of drug-likeness (QED) is 0.757. The number of aromatic nitrogens is 1. The van der Waals surface area contributed by atoms with E-state index in [-0.39, 0.29) is 0 Å². The number of alkyl halides is 1. The molecule has 1 aliphatic heterocycles. The van der Waals surface area contributed by atoms with E-state index < -0.39 is 0 Å². The summed E-state index contributed by atoms with van der Waals surface area (Å²) in [6.07, 6.45) is 3.75. The summed E-state index contributed by atoms with van der Waals surface area (Å²) in [4.78, 5) is 6.62. The molecule has 0 N–H and O–H groups in total. The van der Waals surface area contributed by atoms with Crippen LogP contribution >= 0.6 is 23.4 Å². The molecule has 2 unspecified atom stereocenters. The Balaban J connectivity index is 2.22. The van der Waals surface area contributed by atoms with Crippen molar-refractivity contribution >= 4 is 29.1 Å². The Morgan fingerprint density at radius 1 is 1.44 bits per heavy atom. The van der Waals surface area contributed by atoms with Gasteiger partial charge in [-0.05, 0) is 11.6 Å². The maximum absolute atomic E-state index is 5.96. The van der Waals surface area contributed by atoms with E-state index in [0.29, 0.717) is 16.4 Å². The molecule has 16 heavy (non-hydrogen) atoms. The first-order chi connectivity index (χ1) is 7.70. The summed E-state index contributed by atoms with van der Waals surface area (Å²) in [5.41, 5.74) is 2.39. The van der Waals surface area contributed by atoms with Crippen molar-refractivity contribution in [2.75, 3.05) is 18.0 Å². The molecule has 1 fully saturated rings. The molecule has 1 aromatic heterocycles. The molecular formula is C12H17ClN2S. The predicted molar refractivity (Wildman–Crippen MR) is 72.5 cm³/mol. The van der Waals surface area contributed by atoms with E-state index in [9.17, 15) is 0 Å².